The number of likely N-dealkylation sites (N-methyl/N-ethyl adjacent to an activating group) is 1. The zero-order chi connectivity index (χ0) is 15.1. The fourth-order valence-corrected chi connectivity index (χ4v) is 1.53. The Morgan fingerprint density at radius 2 is 1.80 bits per heavy atom. The molecule has 0 saturated heterocycles. The highest BCUT2D eigenvalue weighted by atomic mass is 35.5. The largest absolute Gasteiger partial charge is 0.479 e. The van der Waals surface area contributed by atoms with Gasteiger partial charge in [0.2, 0.25) is 0 Å². The molecule has 1 amide bonds. The molecule has 1 N–H and O–H groups in total. The molecule has 0 saturated carbocycles. The molecule has 0 aliphatic heterocycles. The van der Waals surface area contributed by atoms with E-state index in [9.17, 15) is 9.59 Å². The molecule has 0 aromatic heterocycles. The summed E-state index contributed by atoms with van der Waals surface area (Å²) in [5.41, 5.74) is 0. The maximum Gasteiger partial charge on any atom is 0.347 e. The Labute approximate surface area is 123 Å². The van der Waals surface area contributed by atoms with Crippen molar-refractivity contribution in [1.29, 1.82) is 0 Å². The van der Waals surface area contributed by atoms with E-state index < -0.39 is 18.2 Å². The molecule has 1 rings (SSSR count). The number of amides is 1. The molecular formula is C14H18ClNO4. The van der Waals surface area contributed by atoms with Crippen LogP contribution in [0.2, 0.25) is 5.02 Å². The molecule has 20 heavy (non-hydrogen) atoms. The van der Waals surface area contributed by atoms with Crippen molar-refractivity contribution in [2.24, 2.45) is 0 Å². The molecule has 0 bridgehead atoms. The summed E-state index contributed by atoms with van der Waals surface area (Å²) in [4.78, 5) is 23.2. The van der Waals surface area contributed by atoms with Crippen LogP contribution >= 0.6 is 11.6 Å². The summed E-state index contributed by atoms with van der Waals surface area (Å²) in [6.45, 7) is 5.34. The van der Waals surface area contributed by atoms with Crippen molar-refractivity contribution in [3.8, 4) is 5.75 Å². The first-order chi connectivity index (χ1) is 9.43. The molecule has 0 unspecified atom stereocenters. The first-order valence-corrected chi connectivity index (χ1v) is 6.72. The van der Waals surface area contributed by atoms with Crippen LogP contribution in [0.3, 0.4) is 0 Å². The first-order valence-electron chi connectivity index (χ1n) is 6.34. The lowest BCUT2D eigenvalue weighted by atomic mass is 10.3. The minimum absolute atomic E-state index is 0.334. The normalized spacial score (nSPS) is 13.2. The number of nitrogens with one attached hydrogen (secondary N) is 1. The number of carbonyl (C=O) groups is 2. The Morgan fingerprint density at radius 3 is 2.35 bits per heavy atom. The van der Waals surface area contributed by atoms with E-state index in [0.717, 1.165) is 0 Å². The number of hydrogen-bond acceptors (Lipinski definition) is 4. The Hall–Kier alpha value is -1.75. The van der Waals surface area contributed by atoms with Crippen molar-refractivity contribution in [2.75, 3.05) is 6.54 Å². The molecule has 0 aliphatic carbocycles. The zero-order valence-electron chi connectivity index (χ0n) is 11.7. The molecular weight excluding hydrogens is 282 g/mol. The van der Waals surface area contributed by atoms with Gasteiger partial charge in [-0.1, -0.05) is 11.6 Å². The van der Waals surface area contributed by atoms with Crippen LogP contribution in [0.5, 0.6) is 5.75 Å². The Kier molecular flexibility index (Phi) is 6.31. The number of halogens is 1. The Balaban J connectivity index is 2.50. The van der Waals surface area contributed by atoms with Gasteiger partial charge in [-0.05, 0) is 45.0 Å². The van der Waals surface area contributed by atoms with Crippen LogP contribution in [0.15, 0.2) is 24.3 Å². The number of rotatable bonds is 6. The maximum absolute atomic E-state index is 11.8. The lowest BCUT2D eigenvalue weighted by Gasteiger charge is -2.17. The van der Waals surface area contributed by atoms with Gasteiger partial charge < -0.3 is 14.8 Å². The van der Waals surface area contributed by atoms with Crippen LogP contribution < -0.4 is 10.1 Å². The van der Waals surface area contributed by atoms with E-state index in [1.54, 1.807) is 38.1 Å². The molecule has 0 radical (unpaired) electrons. The molecule has 5 nitrogen and oxygen atoms in total. The number of carbonyl (C=O) groups excluding carboxylic acids is 2. The van der Waals surface area contributed by atoms with Gasteiger partial charge in [-0.3, -0.25) is 4.79 Å². The van der Waals surface area contributed by atoms with Crippen molar-refractivity contribution in [3.05, 3.63) is 29.3 Å². The minimum Gasteiger partial charge on any atom is -0.479 e. The predicted octanol–water partition coefficient (Wildman–Crippen LogP) is 2.18. The zero-order valence-corrected chi connectivity index (χ0v) is 12.4. The van der Waals surface area contributed by atoms with Crippen LogP contribution in [0.1, 0.15) is 20.8 Å². The SMILES string of the molecule is CCNC(=O)[C@@H](C)OC(=O)[C@@H](C)Oc1ccc(Cl)cc1. The van der Waals surface area contributed by atoms with E-state index in [2.05, 4.69) is 5.32 Å². The summed E-state index contributed by atoms with van der Waals surface area (Å²) in [7, 11) is 0. The summed E-state index contributed by atoms with van der Waals surface area (Å²) >= 11 is 5.75. The molecule has 1 aromatic rings. The number of hydrogen-bond donors (Lipinski definition) is 1. The average Bonchev–Trinajstić information content (AvgIpc) is 2.41. The monoisotopic (exact) mass is 299 g/mol. The summed E-state index contributed by atoms with van der Waals surface area (Å²) in [6, 6.07) is 6.62. The third-order valence-electron chi connectivity index (χ3n) is 2.47. The summed E-state index contributed by atoms with van der Waals surface area (Å²) in [5, 5.41) is 3.15. The number of benzene rings is 1. The van der Waals surface area contributed by atoms with Gasteiger partial charge in [-0.25, -0.2) is 4.79 Å². The fraction of sp³-hybridized carbons (Fsp3) is 0.429. The quantitative estimate of drug-likeness (QED) is 0.818. The van der Waals surface area contributed by atoms with E-state index >= 15 is 0 Å². The minimum atomic E-state index is -0.848. The van der Waals surface area contributed by atoms with E-state index in [-0.39, 0.29) is 5.91 Å². The van der Waals surface area contributed by atoms with E-state index in [0.29, 0.717) is 17.3 Å². The second-order valence-electron chi connectivity index (χ2n) is 4.19. The van der Waals surface area contributed by atoms with Gasteiger partial charge in [0.15, 0.2) is 12.2 Å². The van der Waals surface area contributed by atoms with Crippen LogP contribution in [0, 0.1) is 0 Å². The molecule has 1 aromatic carbocycles. The average molecular weight is 300 g/mol. The van der Waals surface area contributed by atoms with Gasteiger partial charge in [0, 0.05) is 11.6 Å². The topological polar surface area (TPSA) is 64.6 Å². The van der Waals surface area contributed by atoms with E-state index in [1.807, 2.05) is 0 Å². The Morgan fingerprint density at radius 1 is 1.20 bits per heavy atom. The van der Waals surface area contributed by atoms with Crippen LogP contribution in [0.4, 0.5) is 0 Å². The highest BCUT2D eigenvalue weighted by molar-refractivity contribution is 6.30. The maximum atomic E-state index is 11.8. The fourth-order valence-electron chi connectivity index (χ4n) is 1.41. The summed E-state index contributed by atoms with van der Waals surface area (Å²) in [6.07, 6.45) is -1.66. The van der Waals surface area contributed by atoms with E-state index in [4.69, 9.17) is 21.1 Å². The van der Waals surface area contributed by atoms with Crippen molar-refractivity contribution >= 4 is 23.5 Å². The van der Waals surface area contributed by atoms with Gasteiger partial charge in [0.1, 0.15) is 5.75 Å². The highest BCUT2D eigenvalue weighted by Gasteiger charge is 2.22. The molecule has 110 valence electrons. The van der Waals surface area contributed by atoms with Crippen LogP contribution in [-0.2, 0) is 14.3 Å². The van der Waals surface area contributed by atoms with Crippen molar-refractivity contribution in [2.45, 2.75) is 33.0 Å². The molecule has 6 heteroatoms. The van der Waals surface area contributed by atoms with Crippen molar-refractivity contribution in [1.82, 2.24) is 5.32 Å². The molecule has 0 fully saturated rings. The molecule has 0 heterocycles. The predicted molar refractivity (Wildman–Crippen MR) is 75.8 cm³/mol. The van der Waals surface area contributed by atoms with Crippen LogP contribution in [-0.4, -0.2) is 30.6 Å². The van der Waals surface area contributed by atoms with Gasteiger partial charge >= 0.3 is 5.97 Å². The molecule has 0 spiro atoms. The van der Waals surface area contributed by atoms with Gasteiger partial charge in [0.05, 0.1) is 0 Å². The molecule has 2 atom stereocenters. The second kappa shape index (κ2) is 7.75. The third kappa shape index (κ3) is 5.09. The Bertz CT molecular complexity index is 461. The summed E-state index contributed by atoms with van der Waals surface area (Å²) < 4.78 is 10.4. The third-order valence-corrected chi connectivity index (χ3v) is 2.72. The van der Waals surface area contributed by atoms with Crippen molar-refractivity contribution < 1.29 is 19.1 Å². The van der Waals surface area contributed by atoms with Crippen molar-refractivity contribution in [3.63, 3.8) is 0 Å². The first kappa shape index (κ1) is 16.3. The van der Waals surface area contributed by atoms with Gasteiger partial charge in [-0.2, -0.15) is 0 Å². The standard InChI is InChI=1S/C14H18ClNO4/c1-4-16-13(17)9(2)20-14(18)10(3)19-12-7-5-11(15)6-8-12/h5-10H,4H2,1-3H3,(H,16,17)/t9-,10-/m1/s1. The van der Waals surface area contributed by atoms with E-state index in [1.165, 1.54) is 6.92 Å². The number of esters is 1. The van der Waals surface area contributed by atoms with Crippen LogP contribution in [0.25, 0.3) is 0 Å². The van der Waals surface area contributed by atoms with Gasteiger partial charge in [-0.15, -0.1) is 0 Å². The number of ether oxygens (including phenoxy) is 2. The highest BCUT2D eigenvalue weighted by Crippen LogP contribution is 2.17. The lowest BCUT2D eigenvalue weighted by molar-refractivity contribution is -0.160. The smallest absolute Gasteiger partial charge is 0.347 e. The summed E-state index contributed by atoms with van der Waals surface area (Å²) in [5.74, 6) is -0.428. The molecule has 0 aliphatic rings. The second-order valence-corrected chi connectivity index (χ2v) is 4.62. The van der Waals surface area contributed by atoms with Gasteiger partial charge in [0.25, 0.3) is 5.91 Å². The lowest BCUT2D eigenvalue weighted by Crippen LogP contribution is -2.38.